The van der Waals surface area contributed by atoms with Gasteiger partial charge in [-0.25, -0.2) is 4.39 Å². The van der Waals surface area contributed by atoms with Crippen LogP contribution in [0.25, 0.3) is 5.52 Å². The van der Waals surface area contributed by atoms with Crippen LogP contribution < -0.4 is 5.32 Å². The highest BCUT2D eigenvalue weighted by molar-refractivity contribution is 5.57. The van der Waals surface area contributed by atoms with Gasteiger partial charge < -0.3 is 9.72 Å². The molecule has 1 N–H and O–H groups in total. The highest BCUT2D eigenvalue weighted by Gasteiger charge is 2.11. The molecule has 0 aromatic carbocycles. The van der Waals surface area contributed by atoms with Gasteiger partial charge in [0.15, 0.2) is 0 Å². The van der Waals surface area contributed by atoms with Crippen LogP contribution in [0.5, 0.6) is 0 Å². The number of likely N-dealkylation sites (N-methyl/N-ethyl adjacent to an activating group) is 1. The van der Waals surface area contributed by atoms with E-state index in [0.717, 1.165) is 18.4 Å². The molecule has 2 nitrogen and oxygen atoms in total. The summed E-state index contributed by atoms with van der Waals surface area (Å²) in [5.74, 6) is -0.145. The van der Waals surface area contributed by atoms with Gasteiger partial charge in [0, 0.05) is 18.4 Å². The van der Waals surface area contributed by atoms with Crippen LogP contribution in [0.1, 0.15) is 18.9 Å². The molecule has 0 fully saturated rings. The van der Waals surface area contributed by atoms with Crippen LogP contribution in [-0.2, 0) is 6.42 Å². The molecule has 0 bridgehead atoms. The minimum atomic E-state index is -0.145. The molecule has 1 atom stereocenters. The molecule has 0 aliphatic carbocycles. The fourth-order valence-corrected chi connectivity index (χ4v) is 2.07. The SMILES string of the molecule is CCC(Cc1ccn2cccc(F)c12)NC. The fraction of sp³-hybridized carbons (Fsp3) is 0.385. The predicted octanol–water partition coefficient (Wildman–Crippen LogP) is 2.62. The number of fused-ring (bicyclic) bond motifs is 1. The maximum atomic E-state index is 13.7. The molecule has 0 saturated heterocycles. The Morgan fingerprint density at radius 1 is 1.38 bits per heavy atom. The van der Waals surface area contributed by atoms with Gasteiger partial charge in [0.1, 0.15) is 5.82 Å². The zero-order valence-electron chi connectivity index (χ0n) is 9.70. The molecule has 0 aliphatic rings. The van der Waals surface area contributed by atoms with Gasteiger partial charge in [-0.15, -0.1) is 0 Å². The molecule has 0 spiro atoms. The van der Waals surface area contributed by atoms with Crippen LogP contribution in [0.3, 0.4) is 0 Å². The molecule has 0 radical (unpaired) electrons. The fourth-order valence-electron chi connectivity index (χ4n) is 2.07. The van der Waals surface area contributed by atoms with E-state index in [1.54, 1.807) is 6.07 Å². The minimum Gasteiger partial charge on any atom is -0.321 e. The maximum Gasteiger partial charge on any atom is 0.147 e. The van der Waals surface area contributed by atoms with E-state index >= 15 is 0 Å². The lowest BCUT2D eigenvalue weighted by Gasteiger charge is -2.13. The zero-order valence-corrected chi connectivity index (χ0v) is 9.70. The number of pyridine rings is 1. The summed E-state index contributed by atoms with van der Waals surface area (Å²) in [6.45, 7) is 2.13. The number of nitrogens with one attached hydrogen (secondary N) is 1. The van der Waals surface area contributed by atoms with Gasteiger partial charge >= 0.3 is 0 Å². The summed E-state index contributed by atoms with van der Waals surface area (Å²) in [6.07, 6.45) is 5.70. The Bertz CT molecular complexity index is 472. The molecule has 16 heavy (non-hydrogen) atoms. The van der Waals surface area contributed by atoms with E-state index in [0.29, 0.717) is 11.6 Å². The zero-order chi connectivity index (χ0) is 11.5. The largest absolute Gasteiger partial charge is 0.321 e. The van der Waals surface area contributed by atoms with E-state index in [4.69, 9.17) is 0 Å². The van der Waals surface area contributed by atoms with Crippen molar-refractivity contribution in [1.82, 2.24) is 9.72 Å². The lowest BCUT2D eigenvalue weighted by atomic mass is 10.1. The molecule has 2 heterocycles. The molecule has 2 aromatic rings. The Morgan fingerprint density at radius 3 is 2.88 bits per heavy atom. The van der Waals surface area contributed by atoms with E-state index in [1.165, 1.54) is 6.07 Å². The Labute approximate surface area is 95.1 Å². The normalized spacial score (nSPS) is 13.2. The van der Waals surface area contributed by atoms with Crippen molar-refractivity contribution in [3.05, 3.63) is 42.0 Å². The Balaban J connectivity index is 2.37. The van der Waals surface area contributed by atoms with E-state index in [1.807, 2.05) is 29.9 Å². The first kappa shape index (κ1) is 11.1. The van der Waals surface area contributed by atoms with Crippen molar-refractivity contribution in [3.63, 3.8) is 0 Å². The molecule has 2 rings (SSSR count). The Hall–Kier alpha value is -1.35. The summed E-state index contributed by atoms with van der Waals surface area (Å²) in [5, 5.41) is 3.24. The summed E-state index contributed by atoms with van der Waals surface area (Å²) in [4.78, 5) is 0. The molecular weight excluding hydrogens is 203 g/mol. The van der Waals surface area contributed by atoms with Gasteiger partial charge in [0.2, 0.25) is 0 Å². The third kappa shape index (κ3) is 1.95. The van der Waals surface area contributed by atoms with Gasteiger partial charge in [-0.05, 0) is 43.7 Å². The smallest absolute Gasteiger partial charge is 0.147 e. The first-order valence-corrected chi connectivity index (χ1v) is 5.67. The topological polar surface area (TPSA) is 16.4 Å². The van der Waals surface area contributed by atoms with E-state index < -0.39 is 0 Å². The molecule has 1 unspecified atom stereocenters. The maximum absolute atomic E-state index is 13.7. The Morgan fingerprint density at radius 2 is 2.19 bits per heavy atom. The van der Waals surface area contributed by atoms with Crippen LogP contribution in [0.2, 0.25) is 0 Å². The summed E-state index contributed by atoms with van der Waals surface area (Å²) < 4.78 is 15.5. The molecule has 3 heteroatoms. The average molecular weight is 220 g/mol. The first-order chi connectivity index (χ1) is 7.76. The molecule has 2 aromatic heterocycles. The summed E-state index contributed by atoms with van der Waals surface area (Å²) in [5.41, 5.74) is 1.77. The van der Waals surface area contributed by atoms with Gasteiger partial charge in [-0.3, -0.25) is 0 Å². The van der Waals surface area contributed by atoms with Gasteiger partial charge in [-0.2, -0.15) is 0 Å². The second-order valence-corrected chi connectivity index (χ2v) is 4.05. The van der Waals surface area contributed by atoms with Crippen molar-refractivity contribution < 1.29 is 4.39 Å². The third-order valence-corrected chi connectivity index (χ3v) is 3.08. The van der Waals surface area contributed by atoms with Crippen LogP contribution in [-0.4, -0.2) is 17.5 Å². The van der Waals surface area contributed by atoms with Crippen molar-refractivity contribution in [2.24, 2.45) is 0 Å². The lowest BCUT2D eigenvalue weighted by Crippen LogP contribution is -2.26. The highest BCUT2D eigenvalue weighted by Crippen LogP contribution is 2.18. The standard InChI is InChI=1S/C13H17FN2/c1-3-11(15-2)9-10-6-8-16-7-4-5-12(14)13(10)16/h4-8,11,15H,3,9H2,1-2H3. The lowest BCUT2D eigenvalue weighted by molar-refractivity contribution is 0.543. The number of nitrogens with zero attached hydrogens (tertiary/aromatic N) is 1. The summed E-state index contributed by atoms with van der Waals surface area (Å²) in [6, 6.07) is 5.64. The van der Waals surface area contributed by atoms with Gasteiger partial charge in [0.25, 0.3) is 0 Å². The van der Waals surface area contributed by atoms with E-state index in [-0.39, 0.29) is 5.82 Å². The van der Waals surface area contributed by atoms with Crippen molar-refractivity contribution in [2.45, 2.75) is 25.8 Å². The predicted molar refractivity (Wildman–Crippen MR) is 64.2 cm³/mol. The number of hydrogen-bond donors (Lipinski definition) is 1. The van der Waals surface area contributed by atoms with Crippen molar-refractivity contribution in [1.29, 1.82) is 0 Å². The minimum absolute atomic E-state index is 0.145. The number of hydrogen-bond acceptors (Lipinski definition) is 1. The average Bonchev–Trinajstić information content (AvgIpc) is 2.70. The number of rotatable bonds is 4. The van der Waals surface area contributed by atoms with E-state index in [9.17, 15) is 4.39 Å². The van der Waals surface area contributed by atoms with Crippen LogP contribution in [0, 0.1) is 5.82 Å². The quantitative estimate of drug-likeness (QED) is 0.837. The van der Waals surface area contributed by atoms with Crippen LogP contribution in [0.15, 0.2) is 30.6 Å². The monoisotopic (exact) mass is 220 g/mol. The molecular formula is C13H17FN2. The number of aromatic nitrogens is 1. The summed E-state index contributed by atoms with van der Waals surface area (Å²) >= 11 is 0. The van der Waals surface area contributed by atoms with Gasteiger partial charge in [0.05, 0.1) is 5.52 Å². The van der Waals surface area contributed by atoms with Gasteiger partial charge in [-0.1, -0.05) is 6.92 Å². The third-order valence-electron chi connectivity index (χ3n) is 3.08. The van der Waals surface area contributed by atoms with Crippen molar-refractivity contribution in [3.8, 4) is 0 Å². The highest BCUT2D eigenvalue weighted by atomic mass is 19.1. The molecule has 0 saturated carbocycles. The van der Waals surface area contributed by atoms with Crippen molar-refractivity contribution in [2.75, 3.05) is 7.05 Å². The second kappa shape index (κ2) is 4.66. The summed E-state index contributed by atoms with van der Waals surface area (Å²) in [7, 11) is 1.95. The second-order valence-electron chi connectivity index (χ2n) is 4.05. The molecule has 0 amide bonds. The Kier molecular flexibility index (Phi) is 3.25. The number of halogens is 1. The van der Waals surface area contributed by atoms with Crippen LogP contribution in [0.4, 0.5) is 4.39 Å². The van der Waals surface area contributed by atoms with E-state index in [2.05, 4.69) is 12.2 Å². The molecule has 86 valence electrons. The van der Waals surface area contributed by atoms with Crippen LogP contribution >= 0.6 is 0 Å². The first-order valence-electron chi connectivity index (χ1n) is 5.67. The molecule has 0 aliphatic heterocycles. The van der Waals surface area contributed by atoms with Crippen molar-refractivity contribution >= 4 is 5.52 Å².